The van der Waals surface area contributed by atoms with Crippen molar-refractivity contribution in [3.8, 4) is 11.4 Å². The number of aromatic amines is 2. The Hall–Kier alpha value is -2.96. The number of tetrazole rings is 1. The van der Waals surface area contributed by atoms with Crippen molar-refractivity contribution in [1.82, 2.24) is 35.3 Å². The molecule has 0 saturated carbocycles. The third kappa shape index (κ3) is 5.34. The van der Waals surface area contributed by atoms with Gasteiger partial charge in [-0.2, -0.15) is 5.21 Å². The van der Waals surface area contributed by atoms with Gasteiger partial charge in [0, 0.05) is 49.7 Å². The Balaban J connectivity index is 1.79. The van der Waals surface area contributed by atoms with E-state index >= 15 is 0 Å². The lowest BCUT2D eigenvalue weighted by Gasteiger charge is -2.34. The van der Waals surface area contributed by atoms with Crippen molar-refractivity contribution in [1.29, 1.82) is 0 Å². The monoisotopic (exact) mass is 526 g/mol. The van der Waals surface area contributed by atoms with Gasteiger partial charge in [0.1, 0.15) is 9.79 Å². The third-order valence-corrected chi connectivity index (χ3v) is 8.41. The van der Waals surface area contributed by atoms with E-state index in [0.717, 1.165) is 24.6 Å². The first-order valence-electron chi connectivity index (χ1n) is 10.7. The van der Waals surface area contributed by atoms with Gasteiger partial charge in [-0.25, -0.2) is 31.7 Å². The zero-order chi connectivity index (χ0) is 25.2. The van der Waals surface area contributed by atoms with Crippen LogP contribution in [0.5, 0.6) is 0 Å². The van der Waals surface area contributed by atoms with Gasteiger partial charge in [-0.05, 0) is 30.2 Å². The minimum absolute atomic E-state index is 0.0801. The predicted octanol–water partition coefficient (Wildman–Crippen LogP) is -1.78. The van der Waals surface area contributed by atoms with Gasteiger partial charge < -0.3 is 20.7 Å². The van der Waals surface area contributed by atoms with Crippen LogP contribution < -0.4 is 20.5 Å². The van der Waals surface area contributed by atoms with Gasteiger partial charge in [0.15, 0.2) is 0 Å². The Morgan fingerprint density at radius 1 is 1.23 bits per heavy atom. The first-order chi connectivity index (χ1) is 16.6. The van der Waals surface area contributed by atoms with Gasteiger partial charge in [-0.15, -0.1) is 10.2 Å². The molecule has 1 fully saturated rings. The average molecular weight is 527 g/mol. The second-order valence-electron chi connectivity index (χ2n) is 8.08. The lowest BCUT2D eigenvalue weighted by molar-refractivity contribution is 0.186. The van der Waals surface area contributed by atoms with Gasteiger partial charge in [-0.1, -0.05) is 0 Å². The Morgan fingerprint density at radius 2 is 1.97 bits per heavy atom. The van der Waals surface area contributed by atoms with Crippen molar-refractivity contribution in [2.24, 2.45) is 10.9 Å². The predicted molar refractivity (Wildman–Crippen MR) is 124 cm³/mol. The van der Waals surface area contributed by atoms with Crippen LogP contribution in [0, 0.1) is 0 Å². The van der Waals surface area contributed by atoms with Gasteiger partial charge in [0.25, 0.3) is 0 Å². The number of hydrogen-bond donors (Lipinski definition) is 6. The molecule has 4 rings (SSSR count). The van der Waals surface area contributed by atoms with Crippen LogP contribution in [-0.4, -0.2) is 84.8 Å². The number of hydrogen-bond acceptors (Lipinski definition) is 11. The first kappa shape index (κ1) is 25.1. The second kappa shape index (κ2) is 9.96. The Bertz CT molecular complexity index is 1350. The van der Waals surface area contributed by atoms with Gasteiger partial charge in [0.2, 0.25) is 25.9 Å². The number of sulfonamides is 2. The van der Waals surface area contributed by atoms with Gasteiger partial charge in [-0.3, -0.25) is 0 Å². The first-order valence-corrected chi connectivity index (χ1v) is 13.7. The SMILES string of the molecule is NC[C@@H](O)CNS(=O)(=O)c1ccc(N2CCC(c3cnc[nH]3)CC2)c(-c2nn[nH]n2)c1S(N)(=O)=O. The highest BCUT2D eigenvalue weighted by atomic mass is 32.2. The van der Waals surface area contributed by atoms with Crippen LogP contribution in [0.1, 0.15) is 24.5 Å². The number of aromatic nitrogens is 6. The van der Waals surface area contributed by atoms with Crippen molar-refractivity contribution in [2.75, 3.05) is 31.1 Å². The normalized spacial score (nSPS) is 16.5. The number of H-pyrrole nitrogens is 2. The summed E-state index contributed by atoms with van der Waals surface area (Å²) in [6.07, 6.45) is 3.73. The molecule has 0 aliphatic carbocycles. The number of piperidine rings is 1. The van der Waals surface area contributed by atoms with Crippen molar-refractivity contribution >= 4 is 25.7 Å². The van der Waals surface area contributed by atoms with E-state index in [0.29, 0.717) is 18.8 Å². The molecule has 1 aliphatic rings. The molecule has 3 heterocycles. The van der Waals surface area contributed by atoms with E-state index in [1.807, 2.05) is 4.90 Å². The van der Waals surface area contributed by atoms with E-state index < -0.39 is 42.5 Å². The molecule has 3 aromatic rings. The molecule has 35 heavy (non-hydrogen) atoms. The number of aliphatic hydroxyl groups excluding tert-OH is 1. The zero-order valence-electron chi connectivity index (χ0n) is 18.5. The molecule has 1 atom stereocenters. The number of primary sulfonamides is 1. The summed E-state index contributed by atoms with van der Waals surface area (Å²) in [5.41, 5.74) is 6.67. The Kier molecular flexibility index (Phi) is 7.15. The lowest BCUT2D eigenvalue weighted by atomic mass is 9.93. The molecule has 1 aliphatic heterocycles. The number of nitrogens with two attached hydrogens (primary N) is 2. The summed E-state index contributed by atoms with van der Waals surface area (Å²) < 4.78 is 53.7. The number of imidazole rings is 1. The standard InChI is InChI=1S/C18H26N10O5S2/c19-7-12(29)8-23-35(32,33)15-2-1-14(16(17(15)34(20,30)31)18-24-26-27-25-18)28-5-3-11(4-6-28)13-9-21-10-22-13/h1-2,9-12,23,29H,3-8,19H2,(H,21,22)(H2,20,30,31)(H,24,25,26,27)/t12-/m1/s1. The van der Waals surface area contributed by atoms with E-state index in [1.165, 1.54) is 6.07 Å². The number of rotatable bonds is 9. The Morgan fingerprint density at radius 3 is 2.54 bits per heavy atom. The van der Waals surface area contributed by atoms with E-state index in [9.17, 15) is 21.9 Å². The number of anilines is 1. The summed E-state index contributed by atoms with van der Waals surface area (Å²) >= 11 is 0. The fourth-order valence-electron chi connectivity index (χ4n) is 4.08. The summed E-state index contributed by atoms with van der Waals surface area (Å²) in [5.74, 6) is 0.122. The molecule has 8 N–H and O–H groups in total. The molecule has 15 nitrogen and oxygen atoms in total. The molecular formula is C18H26N10O5S2. The maximum Gasteiger partial charge on any atom is 0.242 e. The van der Waals surface area contributed by atoms with Crippen molar-refractivity contribution in [3.05, 3.63) is 30.4 Å². The number of nitrogens with zero attached hydrogens (tertiary/aromatic N) is 5. The summed E-state index contributed by atoms with van der Waals surface area (Å²) in [6.45, 7) is 0.493. The molecule has 0 spiro atoms. The quantitative estimate of drug-likeness (QED) is 0.182. The lowest BCUT2D eigenvalue weighted by Crippen LogP contribution is -2.37. The summed E-state index contributed by atoms with van der Waals surface area (Å²) in [6, 6.07) is 2.65. The highest BCUT2D eigenvalue weighted by Gasteiger charge is 2.34. The Labute approximate surface area is 201 Å². The fraction of sp³-hybridized carbons (Fsp3) is 0.444. The minimum Gasteiger partial charge on any atom is -0.390 e. The molecule has 0 unspecified atom stereocenters. The summed E-state index contributed by atoms with van der Waals surface area (Å²) in [4.78, 5) is 7.84. The number of aliphatic hydroxyl groups is 1. The van der Waals surface area contributed by atoms with Crippen LogP contribution in [0.3, 0.4) is 0 Å². The fourth-order valence-corrected chi connectivity index (χ4v) is 6.75. The van der Waals surface area contributed by atoms with Crippen molar-refractivity contribution in [2.45, 2.75) is 34.7 Å². The summed E-state index contributed by atoms with van der Waals surface area (Å²) in [7, 11) is -9.01. The molecule has 17 heteroatoms. The number of benzene rings is 1. The molecule has 1 aromatic carbocycles. The second-order valence-corrected chi connectivity index (χ2v) is 11.3. The maximum absolute atomic E-state index is 13.0. The smallest absolute Gasteiger partial charge is 0.242 e. The molecule has 0 radical (unpaired) electrons. The van der Waals surface area contributed by atoms with E-state index in [4.69, 9.17) is 10.9 Å². The van der Waals surface area contributed by atoms with Crippen LogP contribution in [0.4, 0.5) is 5.69 Å². The third-order valence-electron chi connectivity index (χ3n) is 5.82. The molecular weight excluding hydrogens is 500 g/mol. The highest BCUT2D eigenvalue weighted by molar-refractivity contribution is 7.92. The summed E-state index contributed by atoms with van der Waals surface area (Å²) in [5, 5.41) is 28.8. The topological polar surface area (TPSA) is 239 Å². The van der Waals surface area contributed by atoms with Crippen LogP contribution in [0.25, 0.3) is 11.4 Å². The van der Waals surface area contributed by atoms with E-state index in [-0.39, 0.29) is 23.9 Å². The zero-order valence-corrected chi connectivity index (χ0v) is 20.1. The molecule has 0 amide bonds. The van der Waals surface area contributed by atoms with Crippen molar-refractivity contribution in [3.63, 3.8) is 0 Å². The molecule has 190 valence electrons. The minimum atomic E-state index is -4.59. The largest absolute Gasteiger partial charge is 0.390 e. The van der Waals surface area contributed by atoms with Crippen molar-refractivity contribution < 1.29 is 21.9 Å². The van der Waals surface area contributed by atoms with Crippen LogP contribution in [0.2, 0.25) is 0 Å². The number of nitrogens with one attached hydrogen (secondary N) is 3. The highest BCUT2D eigenvalue weighted by Crippen LogP contribution is 2.40. The molecule has 2 aromatic heterocycles. The molecule has 1 saturated heterocycles. The average Bonchev–Trinajstić information content (AvgIpc) is 3.56. The van der Waals surface area contributed by atoms with E-state index in [2.05, 4.69) is 35.3 Å². The maximum atomic E-state index is 13.0. The van der Waals surface area contributed by atoms with Crippen LogP contribution in [0.15, 0.2) is 34.4 Å². The van der Waals surface area contributed by atoms with Gasteiger partial charge in [0.05, 0.1) is 18.0 Å². The molecule has 0 bridgehead atoms. The van der Waals surface area contributed by atoms with Crippen LogP contribution in [-0.2, 0) is 20.0 Å². The van der Waals surface area contributed by atoms with E-state index in [1.54, 1.807) is 12.5 Å². The van der Waals surface area contributed by atoms with Crippen LogP contribution >= 0.6 is 0 Å². The van der Waals surface area contributed by atoms with Gasteiger partial charge >= 0.3 is 0 Å².